The van der Waals surface area contributed by atoms with Crippen LogP contribution < -0.4 is 10.9 Å². The van der Waals surface area contributed by atoms with Crippen molar-refractivity contribution in [2.24, 2.45) is 0 Å². The number of H-pyrrole nitrogens is 1. The summed E-state index contributed by atoms with van der Waals surface area (Å²) in [6, 6.07) is 17.6. The maximum atomic E-state index is 12.2. The number of rotatable bonds is 5. The third-order valence-electron chi connectivity index (χ3n) is 4.30. The van der Waals surface area contributed by atoms with Crippen molar-refractivity contribution in [1.29, 1.82) is 0 Å². The summed E-state index contributed by atoms with van der Waals surface area (Å²) in [5, 5.41) is 3.87. The SMILES string of the molecule is C/C(=C\c1ccccc1)C(=O)NCCc1cc2ccc(C)cc2[nH]c1=O. The van der Waals surface area contributed by atoms with Crippen molar-refractivity contribution >= 4 is 22.9 Å². The highest BCUT2D eigenvalue weighted by Gasteiger charge is 2.06. The number of carbonyl (C=O) groups excluding carboxylic acids is 1. The molecule has 1 amide bonds. The molecule has 3 aromatic rings. The van der Waals surface area contributed by atoms with Gasteiger partial charge in [0.15, 0.2) is 0 Å². The second-order valence-electron chi connectivity index (χ2n) is 6.46. The quantitative estimate of drug-likeness (QED) is 0.694. The minimum Gasteiger partial charge on any atom is -0.352 e. The Hall–Kier alpha value is -3.14. The van der Waals surface area contributed by atoms with Gasteiger partial charge in [0.25, 0.3) is 5.56 Å². The van der Waals surface area contributed by atoms with Crippen LogP contribution in [-0.4, -0.2) is 17.4 Å². The average molecular weight is 346 g/mol. The number of hydrogen-bond donors (Lipinski definition) is 2. The van der Waals surface area contributed by atoms with Gasteiger partial charge in [-0.05, 0) is 55.0 Å². The van der Waals surface area contributed by atoms with Crippen molar-refractivity contribution in [2.75, 3.05) is 6.54 Å². The summed E-state index contributed by atoms with van der Waals surface area (Å²) in [4.78, 5) is 27.3. The zero-order valence-electron chi connectivity index (χ0n) is 15.0. The van der Waals surface area contributed by atoms with Crippen molar-refractivity contribution in [2.45, 2.75) is 20.3 Å². The van der Waals surface area contributed by atoms with Crippen LogP contribution in [0.4, 0.5) is 0 Å². The highest BCUT2D eigenvalue weighted by molar-refractivity contribution is 5.97. The molecule has 0 unspecified atom stereocenters. The van der Waals surface area contributed by atoms with Gasteiger partial charge in [0.2, 0.25) is 5.91 Å². The molecule has 0 fully saturated rings. The largest absolute Gasteiger partial charge is 0.352 e. The highest BCUT2D eigenvalue weighted by atomic mass is 16.1. The molecule has 0 radical (unpaired) electrons. The summed E-state index contributed by atoms with van der Waals surface area (Å²) in [6.45, 7) is 4.19. The Bertz CT molecular complexity index is 1020. The molecular formula is C22H22N2O2. The fourth-order valence-electron chi connectivity index (χ4n) is 2.86. The lowest BCUT2D eigenvalue weighted by Crippen LogP contribution is -2.28. The number of aromatic nitrogens is 1. The maximum absolute atomic E-state index is 12.2. The van der Waals surface area contributed by atoms with Gasteiger partial charge in [-0.3, -0.25) is 9.59 Å². The third kappa shape index (κ3) is 4.28. The predicted octanol–water partition coefficient (Wildman–Crippen LogP) is 3.60. The van der Waals surface area contributed by atoms with Crippen LogP contribution in [0.15, 0.2) is 65.0 Å². The topological polar surface area (TPSA) is 62.0 Å². The van der Waals surface area contributed by atoms with Gasteiger partial charge in [0.05, 0.1) is 0 Å². The molecule has 4 nitrogen and oxygen atoms in total. The molecular weight excluding hydrogens is 324 g/mol. The van der Waals surface area contributed by atoms with E-state index in [2.05, 4.69) is 10.3 Å². The average Bonchev–Trinajstić information content (AvgIpc) is 2.63. The number of benzene rings is 2. The lowest BCUT2D eigenvalue weighted by molar-refractivity contribution is -0.117. The van der Waals surface area contributed by atoms with Crippen LogP contribution in [-0.2, 0) is 11.2 Å². The van der Waals surface area contributed by atoms with Crippen molar-refractivity contribution in [3.8, 4) is 0 Å². The molecule has 3 rings (SSSR count). The van der Waals surface area contributed by atoms with Crippen molar-refractivity contribution in [1.82, 2.24) is 10.3 Å². The number of fused-ring (bicyclic) bond motifs is 1. The smallest absolute Gasteiger partial charge is 0.251 e. The van der Waals surface area contributed by atoms with E-state index >= 15 is 0 Å². The molecule has 0 saturated heterocycles. The van der Waals surface area contributed by atoms with Gasteiger partial charge in [0, 0.05) is 23.2 Å². The standard InChI is InChI=1S/C22H22N2O2/c1-15-8-9-18-14-19(22(26)24-20(18)12-15)10-11-23-21(25)16(2)13-17-6-4-3-5-7-17/h3-9,12-14H,10-11H2,1-2H3,(H,23,25)(H,24,26)/b16-13+. The normalized spacial score (nSPS) is 11.5. The van der Waals surface area contributed by atoms with E-state index in [4.69, 9.17) is 0 Å². The minimum absolute atomic E-state index is 0.103. The third-order valence-corrected chi connectivity index (χ3v) is 4.30. The first-order valence-electron chi connectivity index (χ1n) is 8.67. The molecule has 0 bridgehead atoms. The fourth-order valence-corrected chi connectivity index (χ4v) is 2.86. The number of hydrogen-bond acceptors (Lipinski definition) is 2. The number of aryl methyl sites for hydroxylation is 1. The second-order valence-corrected chi connectivity index (χ2v) is 6.46. The van der Waals surface area contributed by atoms with E-state index in [1.165, 1.54) is 0 Å². The van der Waals surface area contributed by atoms with Crippen LogP contribution in [0.1, 0.15) is 23.6 Å². The van der Waals surface area contributed by atoms with Gasteiger partial charge >= 0.3 is 0 Å². The zero-order chi connectivity index (χ0) is 18.5. The highest BCUT2D eigenvalue weighted by Crippen LogP contribution is 2.13. The lowest BCUT2D eigenvalue weighted by atomic mass is 10.1. The fraction of sp³-hybridized carbons (Fsp3) is 0.182. The summed E-state index contributed by atoms with van der Waals surface area (Å²) >= 11 is 0. The van der Waals surface area contributed by atoms with E-state index in [9.17, 15) is 9.59 Å². The number of amides is 1. The first-order valence-corrected chi connectivity index (χ1v) is 8.67. The number of aromatic amines is 1. The molecule has 2 aromatic carbocycles. The Morgan fingerprint density at radius 3 is 2.65 bits per heavy atom. The van der Waals surface area contributed by atoms with Crippen molar-refractivity contribution < 1.29 is 4.79 Å². The molecule has 0 saturated carbocycles. The summed E-state index contributed by atoms with van der Waals surface area (Å²) < 4.78 is 0. The summed E-state index contributed by atoms with van der Waals surface area (Å²) in [6.07, 6.45) is 2.34. The first kappa shape index (κ1) is 17.7. The van der Waals surface area contributed by atoms with Crippen LogP contribution in [0.2, 0.25) is 0 Å². The molecule has 0 aliphatic rings. The van der Waals surface area contributed by atoms with Crippen LogP contribution in [0, 0.1) is 6.92 Å². The molecule has 2 N–H and O–H groups in total. The van der Waals surface area contributed by atoms with Gasteiger partial charge in [-0.25, -0.2) is 0 Å². The van der Waals surface area contributed by atoms with E-state index in [0.29, 0.717) is 24.1 Å². The van der Waals surface area contributed by atoms with Gasteiger partial charge < -0.3 is 10.3 Å². The molecule has 0 atom stereocenters. The molecule has 132 valence electrons. The van der Waals surface area contributed by atoms with E-state index in [1.807, 2.05) is 67.6 Å². The van der Waals surface area contributed by atoms with Crippen molar-refractivity contribution in [3.63, 3.8) is 0 Å². The number of carbonyl (C=O) groups is 1. The minimum atomic E-state index is -0.123. The van der Waals surface area contributed by atoms with Gasteiger partial charge in [-0.1, -0.05) is 42.5 Å². The molecule has 4 heteroatoms. The van der Waals surface area contributed by atoms with Gasteiger partial charge in [0.1, 0.15) is 0 Å². The summed E-state index contributed by atoms with van der Waals surface area (Å²) in [7, 11) is 0. The monoisotopic (exact) mass is 346 g/mol. The Balaban J connectivity index is 1.64. The van der Waals surface area contributed by atoms with Crippen molar-refractivity contribution in [3.05, 3.63) is 87.2 Å². The Morgan fingerprint density at radius 2 is 1.88 bits per heavy atom. The molecule has 0 spiro atoms. The van der Waals surface area contributed by atoms with Crippen LogP contribution in [0.25, 0.3) is 17.0 Å². The lowest BCUT2D eigenvalue weighted by Gasteiger charge is -2.07. The molecule has 26 heavy (non-hydrogen) atoms. The van der Waals surface area contributed by atoms with E-state index in [0.717, 1.165) is 22.0 Å². The van der Waals surface area contributed by atoms with E-state index < -0.39 is 0 Å². The van der Waals surface area contributed by atoms with Crippen LogP contribution in [0.5, 0.6) is 0 Å². The molecule has 0 aliphatic carbocycles. The summed E-state index contributed by atoms with van der Waals surface area (Å²) in [5.74, 6) is -0.123. The number of pyridine rings is 1. The van der Waals surface area contributed by atoms with Crippen LogP contribution in [0.3, 0.4) is 0 Å². The number of nitrogens with one attached hydrogen (secondary N) is 2. The summed E-state index contributed by atoms with van der Waals surface area (Å²) in [5.41, 5.74) is 4.14. The molecule has 1 heterocycles. The van der Waals surface area contributed by atoms with Gasteiger partial charge in [-0.2, -0.15) is 0 Å². The first-order chi connectivity index (χ1) is 12.5. The predicted molar refractivity (Wildman–Crippen MR) is 106 cm³/mol. The molecule has 0 aliphatic heterocycles. The maximum Gasteiger partial charge on any atom is 0.251 e. The van der Waals surface area contributed by atoms with Crippen LogP contribution >= 0.6 is 0 Å². The Morgan fingerprint density at radius 1 is 1.12 bits per heavy atom. The second kappa shape index (κ2) is 7.83. The zero-order valence-corrected chi connectivity index (χ0v) is 15.0. The van der Waals surface area contributed by atoms with E-state index in [-0.39, 0.29) is 11.5 Å². The Labute approximate surface area is 152 Å². The Kier molecular flexibility index (Phi) is 5.32. The van der Waals surface area contributed by atoms with E-state index in [1.54, 1.807) is 6.92 Å². The molecule has 1 aromatic heterocycles. The van der Waals surface area contributed by atoms with Gasteiger partial charge in [-0.15, -0.1) is 0 Å².